The Hall–Kier alpha value is -2.12. The first-order chi connectivity index (χ1) is 15.2. The molecule has 0 aliphatic carbocycles. The summed E-state index contributed by atoms with van der Waals surface area (Å²) >= 11 is 6.06. The number of esters is 2. The highest BCUT2D eigenvalue weighted by Gasteiger charge is 2.30. The van der Waals surface area contributed by atoms with Gasteiger partial charge in [0.2, 0.25) is 0 Å². The van der Waals surface area contributed by atoms with Crippen LogP contribution in [0.3, 0.4) is 0 Å². The number of methoxy groups -OCH3 is 1. The van der Waals surface area contributed by atoms with Gasteiger partial charge in [0.05, 0.1) is 26.2 Å². The minimum atomic E-state index is -3.86. The van der Waals surface area contributed by atoms with Crippen molar-refractivity contribution in [1.82, 2.24) is 5.09 Å². The van der Waals surface area contributed by atoms with Crippen LogP contribution in [0.2, 0.25) is 0 Å². The number of hydrogen-bond acceptors (Lipinski definition) is 7. The Labute approximate surface area is 191 Å². The van der Waals surface area contributed by atoms with Gasteiger partial charge in [0.25, 0.3) is 0 Å². The highest BCUT2D eigenvalue weighted by molar-refractivity contribution is 7.84. The van der Waals surface area contributed by atoms with E-state index in [0.717, 1.165) is 16.3 Å². The normalized spacial score (nSPS) is 18.4. The molecule has 1 heterocycles. The zero-order valence-electron chi connectivity index (χ0n) is 18.2. The van der Waals surface area contributed by atoms with E-state index in [1.165, 1.54) is 14.0 Å². The van der Waals surface area contributed by atoms with Crippen molar-refractivity contribution in [3.8, 4) is 5.75 Å². The Morgan fingerprint density at radius 2 is 1.75 bits per heavy atom. The van der Waals surface area contributed by atoms with E-state index in [-0.39, 0.29) is 17.8 Å². The first-order valence-corrected chi connectivity index (χ1v) is 12.9. The predicted octanol–water partition coefficient (Wildman–Crippen LogP) is 4.54. The largest absolute Gasteiger partial charge is 0.469 e. The number of benzene rings is 2. The van der Waals surface area contributed by atoms with Crippen molar-refractivity contribution in [1.29, 1.82) is 0 Å². The van der Waals surface area contributed by atoms with Gasteiger partial charge >= 0.3 is 18.8 Å². The smallest absolute Gasteiger partial charge is 0.409 e. The third-order valence-electron chi connectivity index (χ3n) is 5.27. The Balaban J connectivity index is 1.64. The van der Waals surface area contributed by atoms with Crippen LogP contribution in [0.25, 0.3) is 10.8 Å². The summed E-state index contributed by atoms with van der Waals surface area (Å²) in [6.45, 7) is 0.515. The molecule has 8 nitrogen and oxygen atoms in total. The van der Waals surface area contributed by atoms with Crippen LogP contribution in [0.4, 0.5) is 0 Å². The van der Waals surface area contributed by atoms with Gasteiger partial charge in [0, 0.05) is 24.1 Å². The van der Waals surface area contributed by atoms with E-state index in [9.17, 15) is 14.2 Å². The molecular formula is C22H27ClNO7P. The fourth-order valence-corrected chi connectivity index (χ4v) is 5.07. The molecule has 1 aliphatic heterocycles. The number of ether oxygens (including phenoxy) is 3. The fraction of sp³-hybridized carbons (Fsp3) is 0.455. The van der Waals surface area contributed by atoms with Gasteiger partial charge in [-0.3, -0.25) is 9.59 Å². The summed E-state index contributed by atoms with van der Waals surface area (Å²) in [5.74, 6) is -0.980. The van der Waals surface area contributed by atoms with E-state index in [4.69, 9.17) is 30.0 Å². The first-order valence-electron chi connectivity index (χ1n) is 10.4. The van der Waals surface area contributed by atoms with Crippen LogP contribution in [0.1, 0.15) is 38.2 Å². The van der Waals surface area contributed by atoms with E-state index in [2.05, 4.69) is 5.09 Å². The summed E-state index contributed by atoms with van der Waals surface area (Å²) in [4.78, 5) is 24.1. The molecule has 3 rings (SSSR count). The average Bonchev–Trinajstić information content (AvgIpc) is 2.77. The van der Waals surface area contributed by atoms with Crippen molar-refractivity contribution in [2.24, 2.45) is 0 Å². The Bertz CT molecular complexity index is 1020. The summed E-state index contributed by atoms with van der Waals surface area (Å²) in [7, 11) is 1.35. The standard InChI is InChI=1S/C22H27ClNO7P/c1-14(21(25)28-3)16-4-5-18-13-20(7-6-17(18)12-16)31-32(23,27)24-15(2)22(26)30-19-8-10-29-11-9-19/h4-7,12-15,19H,8-11H2,1-3H3,(H,24,27)/t14-,15?,32?/m0/s1. The summed E-state index contributed by atoms with van der Waals surface area (Å²) < 4.78 is 33.6. The molecule has 2 aromatic rings. The second-order valence-electron chi connectivity index (χ2n) is 7.68. The number of fused-ring (bicyclic) bond motifs is 1. The van der Waals surface area contributed by atoms with Crippen molar-refractivity contribution in [3.63, 3.8) is 0 Å². The van der Waals surface area contributed by atoms with Gasteiger partial charge in [-0.05, 0) is 42.3 Å². The molecule has 2 unspecified atom stereocenters. The van der Waals surface area contributed by atoms with Crippen LogP contribution in [0.5, 0.6) is 5.75 Å². The Morgan fingerprint density at radius 3 is 2.44 bits per heavy atom. The molecule has 32 heavy (non-hydrogen) atoms. The molecule has 0 radical (unpaired) electrons. The lowest BCUT2D eigenvalue weighted by Crippen LogP contribution is -2.37. The maximum atomic E-state index is 12.7. The molecule has 1 saturated heterocycles. The highest BCUT2D eigenvalue weighted by Crippen LogP contribution is 2.49. The van der Waals surface area contributed by atoms with Crippen LogP contribution in [0.15, 0.2) is 36.4 Å². The third-order valence-corrected chi connectivity index (χ3v) is 6.91. The van der Waals surface area contributed by atoms with E-state index in [1.807, 2.05) is 18.2 Å². The van der Waals surface area contributed by atoms with Crippen LogP contribution in [0, 0.1) is 0 Å². The summed E-state index contributed by atoms with van der Waals surface area (Å²) in [6, 6.07) is 9.70. The van der Waals surface area contributed by atoms with Gasteiger partial charge in [-0.15, -0.1) is 0 Å². The zero-order valence-corrected chi connectivity index (χ0v) is 19.9. The molecule has 0 bridgehead atoms. The van der Waals surface area contributed by atoms with Gasteiger partial charge in [0.15, 0.2) is 0 Å². The lowest BCUT2D eigenvalue weighted by atomic mass is 9.98. The molecule has 1 N–H and O–H groups in total. The quantitative estimate of drug-likeness (QED) is 0.431. The molecule has 3 atom stereocenters. The maximum Gasteiger partial charge on any atom is 0.409 e. The number of hydrogen-bond donors (Lipinski definition) is 1. The van der Waals surface area contributed by atoms with E-state index < -0.39 is 24.8 Å². The maximum absolute atomic E-state index is 12.7. The SMILES string of the molecule is COC(=O)[C@@H](C)c1ccc2cc(OP(=O)(Cl)NC(C)C(=O)OC3CCOCC3)ccc2c1. The lowest BCUT2D eigenvalue weighted by molar-refractivity contribution is -0.154. The first kappa shape index (κ1) is 24.5. The van der Waals surface area contributed by atoms with Gasteiger partial charge < -0.3 is 18.7 Å². The monoisotopic (exact) mass is 483 g/mol. The number of carbonyl (C=O) groups is 2. The third kappa shape index (κ3) is 6.45. The average molecular weight is 484 g/mol. The number of carbonyl (C=O) groups excluding carboxylic acids is 2. The van der Waals surface area contributed by atoms with Crippen molar-refractivity contribution in [2.45, 2.75) is 44.8 Å². The summed E-state index contributed by atoms with van der Waals surface area (Å²) in [6.07, 6.45) is 1.04. The van der Waals surface area contributed by atoms with Crippen molar-refractivity contribution >= 4 is 40.8 Å². The molecule has 0 aromatic heterocycles. The van der Waals surface area contributed by atoms with E-state index >= 15 is 0 Å². The fourth-order valence-electron chi connectivity index (χ4n) is 3.39. The van der Waals surface area contributed by atoms with Gasteiger partial charge in [0.1, 0.15) is 17.9 Å². The van der Waals surface area contributed by atoms with Crippen molar-refractivity contribution in [3.05, 3.63) is 42.0 Å². The molecule has 174 valence electrons. The summed E-state index contributed by atoms with van der Waals surface area (Å²) in [5.41, 5.74) is 0.819. The molecule has 0 saturated carbocycles. The molecule has 0 spiro atoms. The van der Waals surface area contributed by atoms with Crippen molar-refractivity contribution in [2.75, 3.05) is 20.3 Å². The molecular weight excluding hydrogens is 457 g/mol. The van der Waals surface area contributed by atoms with Gasteiger partial charge in [-0.25, -0.2) is 9.65 Å². The molecule has 1 aliphatic rings. The van der Waals surface area contributed by atoms with E-state index in [1.54, 1.807) is 25.1 Å². The Kier molecular flexibility index (Phi) is 8.17. The minimum absolute atomic E-state index is 0.219. The van der Waals surface area contributed by atoms with E-state index in [0.29, 0.717) is 26.1 Å². The van der Waals surface area contributed by atoms with Crippen LogP contribution < -0.4 is 9.61 Å². The van der Waals surface area contributed by atoms with Gasteiger partial charge in [-0.1, -0.05) is 24.3 Å². The van der Waals surface area contributed by atoms with Crippen LogP contribution in [-0.2, 0) is 28.4 Å². The second-order valence-corrected chi connectivity index (χ2v) is 10.4. The minimum Gasteiger partial charge on any atom is -0.469 e. The van der Waals surface area contributed by atoms with Crippen LogP contribution in [-0.4, -0.2) is 44.4 Å². The van der Waals surface area contributed by atoms with Gasteiger partial charge in [-0.2, -0.15) is 0 Å². The number of rotatable bonds is 8. The summed E-state index contributed by atoms with van der Waals surface area (Å²) in [5, 5.41) is 4.21. The Morgan fingerprint density at radius 1 is 1.09 bits per heavy atom. The lowest BCUT2D eigenvalue weighted by Gasteiger charge is -2.24. The second kappa shape index (κ2) is 10.7. The molecule has 10 heteroatoms. The predicted molar refractivity (Wildman–Crippen MR) is 121 cm³/mol. The molecule has 0 amide bonds. The van der Waals surface area contributed by atoms with Crippen LogP contribution >= 0.6 is 18.1 Å². The number of halogens is 1. The zero-order chi connectivity index (χ0) is 23.3. The van der Waals surface area contributed by atoms with Crippen molar-refractivity contribution < 1.29 is 32.9 Å². The molecule has 1 fully saturated rings. The highest BCUT2D eigenvalue weighted by atomic mass is 35.7. The number of nitrogens with one attached hydrogen (secondary N) is 1. The molecule has 2 aromatic carbocycles. The topological polar surface area (TPSA) is 100 Å².